The number of alkyl halides is 1. The highest BCUT2D eigenvalue weighted by atomic mass is 35.5. The first-order valence-electron chi connectivity index (χ1n) is 17.1. The lowest BCUT2D eigenvalue weighted by atomic mass is 9.78. The molecule has 6 bridgehead atoms. The molecule has 0 spiro atoms. The van der Waals surface area contributed by atoms with Crippen molar-refractivity contribution in [2.45, 2.75) is 138 Å². The summed E-state index contributed by atoms with van der Waals surface area (Å²) < 4.78 is 18.6. The highest BCUT2D eigenvalue weighted by Gasteiger charge is 2.51. The monoisotopic (exact) mass is 637 g/mol. The van der Waals surface area contributed by atoms with Gasteiger partial charge in [0.15, 0.2) is 0 Å². The third-order valence-electron chi connectivity index (χ3n) is 10.7. The highest BCUT2D eigenvalue weighted by Crippen LogP contribution is 2.44. The fraction of sp³-hybridized carbons (Fsp3) is 0.649. The van der Waals surface area contributed by atoms with Gasteiger partial charge in [0, 0.05) is 49.8 Å². The number of carbonyl (C=O) groups excluding carboxylic acids is 1. The third-order valence-corrected chi connectivity index (χ3v) is 11.3. The van der Waals surface area contributed by atoms with Crippen LogP contribution >= 0.6 is 11.6 Å². The number of methoxy groups -OCH3 is 2. The zero-order valence-corrected chi connectivity index (χ0v) is 28.4. The minimum Gasteiger partial charge on any atom is -0.444 e. The van der Waals surface area contributed by atoms with E-state index in [4.69, 9.17) is 25.8 Å². The Morgan fingerprint density at radius 2 is 1.13 bits per heavy atom. The summed E-state index contributed by atoms with van der Waals surface area (Å²) in [6, 6.07) is 22.0. The predicted octanol–water partition coefficient (Wildman–Crippen LogP) is 7.65. The van der Waals surface area contributed by atoms with Crippen LogP contribution in [0, 0.1) is 0 Å². The molecular formula is C37H52ClN3O4. The van der Waals surface area contributed by atoms with Crippen LogP contribution < -0.4 is 9.80 Å². The maximum absolute atomic E-state index is 14.4. The van der Waals surface area contributed by atoms with Gasteiger partial charge in [0.2, 0.25) is 0 Å². The van der Waals surface area contributed by atoms with E-state index >= 15 is 0 Å². The van der Waals surface area contributed by atoms with Crippen molar-refractivity contribution < 1.29 is 19.0 Å². The number of benzene rings is 2. The van der Waals surface area contributed by atoms with Crippen LogP contribution in [-0.4, -0.2) is 84.6 Å². The van der Waals surface area contributed by atoms with Crippen LogP contribution in [-0.2, 0) is 14.2 Å². The van der Waals surface area contributed by atoms with E-state index in [1.807, 2.05) is 20.8 Å². The summed E-state index contributed by atoms with van der Waals surface area (Å²) in [5, 5.41) is -0.0576. The van der Waals surface area contributed by atoms with E-state index in [-0.39, 0.29) is 59.9 Å². The van der Waals surface area contributed by atoms with E-state index in [2.05, 4.69) is 75.4 Å². The first kappa shape index (κ1) is 32.5. The number of anilines is 2. The summed E-state index contributed by atoms with van der Waals surface area (Å²) in [6.07, 6.45) is 8.01. The molecule has 0 N–H and O–H groups in total. The molecular weight excluding hydrogens is 586 g/mol. The second-order valence-electron chi connectivity index (χ2n) is 14.5. The van der Waals surface area contributed by atoms with E-state index in [0.717, 1.165) is 57.8 Å². The summed E-state index contributed by atoms with van der Waals surface area (Å²) in [4.78, 5) is 21.8. The van der Waals surface area contributed by atoms with Crippen LogP contribution in [0.1, 0.15) is 78.6 Å². The number of rotatable bonds is 4. The van der Waals surface area contributed by atoms with Crippen molar-refractivity contribution in [2.75, 3.05) is 24.0 Å². The van der Waals surface area contributed by atoms with Crippen molar-refractivity contribution in [3.63, 3.8) is 0 Å². The molecule has 45 heavy (non-hydrogen) atoms. The number of nitrogens with zero attached hydrogens (tertiary/aromatic N) is 3. The fourth-order valence-electron chi connectivity index (χ4n) is 8.91. The van der Waals surface area contributed by atoms with Gasteiger partial charge >= 0.3 is 6.09 Å². The smallest absolute Gasteiger partial charge is 0.410 e. The van der Waals surface area contributed by atoms with Gasteiger partial charge in [0.25, 0.3) is 0 Å². The second kappa shape index (κ2) is 13.7. The van der Waals surface area contributed by atoms with Crippen molar-refractivity contribution >= 4 is 29.1 Å². The number of halogens is 1. The maximum Gasteiger partial charge on any atom is 0.410 e. The van der Waals surface area contributed by atoms with Gasteiger partial charge in [0.05, 0.1) is 29.7 Å². The van der Waals surface area contributed by atoms with Gasteiger partial charge in [0.1, 0.15) is 5.60 Å². The van der Waals surface area contributed by atoms with Crippen molar-refractivity contribution in [1.29, 1.82) is 0 Å². The zero-order chi connectivity index (χ0) is 31.7. The van der Waals surface area contributed by atoms with Crippen LogP contribution in [0.3, 0.4) is 0 Å². The highest BCUT2D eigenvalue weighted by molar-refractivity contribution is 6.22. The number of fused-ring (bicyclic) bond motifs is 6. The molecule has 3 saturated carbocycles. The first-order chi connectivity index (χ1) is 21.7. The standard InChI is InChI=1S/C37H52ClN3O4/c1-37(2,3)45-36(42)41-31-23-27(19-21-33(31)43-4)39(25-13-8-6-9-14-25)29-17-12-18-30(35(29)38)40(26-15-10-7-11-16-26)28-20-22-34(44-5)32(41)24-28/h6-11,13-16,27-35H,12,17-24H2,1-5H3. The number of hydrogen-bond acceptors (Lipinski definition) is 6. The lowest BCUT2D eigenvalue weighted by Crippen LogP contribution is -2.67. The lowest BCUT2D eigenvalue weighted by Gasteiger charge is -2.56. The molecule has 2 aromatic carbocycles. The Morgan fingerprint density at radius 3 is 1.53 bits per heavy atom. The Morgan fingerprint density at radius 1 is 0.689 bits per heavy atom. The summed E-state index contributed by atoms with van der Waals surface area (Å²) in [6.45, 7) is 5.85. The van der Waals surface area contributed by atoms with Crippen LogP contribution in [0.5, 0.6) is 0 Å². The molecule has 1 amide bonds. The Bertz CT molecular complexity index is 1180. The molecule has 0 radical (unpaired) electrons. The summed E-state index contributed by atoms with van der Waals surface area (Å²) in [7, 11) is 3.58. The molecule has 1 aliphatic heterocycles. The van der Waals surface area contributed by atoms with Crippen molar-refractivity contribution in [3.05, 3.63) is 60.7 Å². The van der Waals surface area contributed by atoms with E-state index < -0.39 is 5.60 Å². The molecule has 8 unspecified atom stereocenters. The van der Waals surface area contributed by atoms with Gasteiger partial charge in [-0.1, -0.05) is 36.4 Å². The SMILES string of the molecule is COC1CCC2CC1N(C(=O)OC(C)(C)C)C1CC(CCC1OC)N(c1ccccc1)C1CCCC(C1Cl)N2c1ccccc1. The van der Waals surface area contributed by atoms with Crippen molar-refractivity contribution in [1.82, 2.24) is 4.90 Å². The van der Waals surface area contributed by atoms with Gasteiger partial charge in [-0.25, -0.2) is 4.79 Å². The molecule has 3 aliphatic carbocycles. The van der Waals surface area contributed by atoms with Crippen LogP contribution in [0.4, 0.5) is 16.2 Å². The molecule has 1 heterocycles. The Hall–Kier alpha value is -2.48. The molecule has 4 fully saturated rings. The summed E-state index contributed by atoms with van der Waals surface area (Å²) >= 11 is 7.77. The van der Waals surface area contributed by atoms with Crippen molar-refractivity contribution in [2.24, 2.45) is 0 Å². The zero-order valence-electron chi connectivity index (χ0n) is 27.7. The lowest BCUT2D eigenvalue weighted by molar-refractivity contribution is -0.0836. The number of para-hydroxylation sites is 2. The normalized spacial score (nSPS) is 34.0. The topological polar surface area (TPSA) is 54.5 Å². The van der Waals surface area contributed by atoms with E-state index in [1.54, 1.807) is 14.2 Å². The van der Waals surface area contributed by atoms with Gasteiger partial charge in [-0.3, -0.25) is 4.90 Å². The van der Waals surface area contributed by atoms with E-state index in [0.29, 0.717) is 0 Å². The number of carbonyl (C=O) groups is 1. The third kappa shape index (κ3) is 6.68. The number of hydrogen-bond donors (Lipinski definition) is 0. The largest absolute Gasteiger partial charge is 0.444 e. The van der Waals surface area contributed by atoms with Crippen LogP contribution in [0.15, 0.2) is 60.7 Å². The summed E-state index contributed by atoms with van der Waals surface area (Å²) in [5.74, 6) is 0. The molecule has 0 aromatic heterocycles. The van der Waals surface area contributed by atoms with Gasteiger partial charge in [-0.15, -0.1) is 11.6 Å². The van der Waals surface area contributed by atoms with Crippen LogP contribution in [0.25, 0.3) is 0 Å². The second-order valence-corrected chi connectivity index (χ2v) is 15.0. The first-order valence-corrected chi connectivity index (χ1v) is 17.5. The number of amides is 1. The Balaban J connectivity index is 1.53. The fourth-order valence-corrected chi connectivity index (χ4v) is 9.40. The molecule has 2 aromatic rings. The van der Waals surface area contributed by atoms with Crippen molar-refractivity contribution in [3.8, 4) is 0 Å². The molecule has 1 saturated heterocycles. The maximum atomic E-state index is 14.4. The molecule has 246 valence electrons. The minimum atomic E-state index is -0.622. The van der Waals surface area contributed by atoms with E-state index in [1.165, 1.54) is 11.4 Å². The van der Waals surface area contributed by atoms with Gasteiger partial charge in [-0.05, 0) is 103 Å². The van der Waals surface area contributed by atoms with Gasteiger partial charge in [-0.2, -0.15) is 0 Å². The average molecular weight is 638 g/mol. The van der Waals surface area contributed by atoms with Gasteiger partial charge < -0.3 is 24.0 Å². The van der Waals surface area contributed by atoms with E-state index in [9.17, 15) is 4.79 Å². The summed E-state index contributed by atoms with van der Waals surface area (Å²) in [5.41, 5.74) is 1.79. The molecule has 8 atom stereocenters. The Labute approximate surface area is 275 Å². The molecule has 7 nitrogen and oxygen atoms in total. The number of ether oxygens (including phenoxy) is 3. The molecule has 8 heteroatoms. The predicted molar refractivity (Wildman–Crippen MR) is 181 cm³/mol. The minimum absolute atomic E-state index is 0.0576. The molecule has 4 aliphatic rings. The molecule has 6 rings (SSSR count). The average Bonchev–Trinajstić information content (AvgIpc) is 3.03. The Kier molecular flexibility index (Phi) is 9.89. The quantitative estimate of drug-likeness (QED) is 0.321. The van der Waals surface area contributed by atoms with Crippen LogP contribution in [0.2, 0.25) is 0 Å².